The van der Waals surface area contributed by atoms with Crippen LogP contribution in [0.3, 0.4) is 0 Å². The molecule has 1 aliphatic heterocycles. The van der Waals surface area contributed by atoms with Crippen molar-refractivity contribution in [2.24, 2.45) is 11.3 Å². The van der Waals surface area contributed by atoms with Gasteiger partial charge >= 0.3 is 0 Å². The van der Waals surface area contributed by atoms with Gasteiger partial charge in [-0.2, -0.15) is 0 Å². The van der Waals surface area contributed by atoms with E-state index in [-0.39, 0.29) is 12.4 Å². The SMILES string of the molecule is Cc1ncsc1CN(CCC(C)(C)C)CC1CCNC1.Cl. The Balaban J connectivity index is 0.00000220. The van der Waals surface area contributed by atoms with Crippen LogP contribution in [0, 0.1) is 18.3 Å². The van der Waals surface area contributed by atoms with E-state index in [1.54, 1.807) is 11.3 Å². The fourth-order valence-electron chi connectivity index (χ4n) is 2.64. The first kappa shape index (κ1) is 18.9. The highest BCUT2D eigenvalue weighted by Crippen LogP contribution is 2.22. The van der Waals surface area contributed by atoms with Crippen molar-refractivity contribution in [3.8, 4) is 0 Å². The molecule has 122 valence electrons. The van der Waals surface area contributed by atoms with Crippen molar-refractivity contribution >= 4 is 23.7 Å². The first-order valence-electron chi connectivity index (χ1n) is 7.76. The molecule has 0 aromatic carbocycles. The van der Waals surface area contributed by atoms with Crippen LogP contribution in [0.25, 0.3) is 0 Å². The third-order valence-corrected chi connectivity index (χ3v) is 4.99. The molecule has 0 saturated carbocycles. The van der Waals surface area contributed by atoms with Gasteiger partial charge in [0.2, 0.25) is 0 Å². The second kappa shape index (κ2) is 8.47. The van der Waals surface area contributed by atoms with Gasteiger partial charge in [-0.1, -0.05) is 20.8 Å². The Morgan fingerprint density at radius 3 is 2.71 bits per heavy atom. The summed E-state index contributed by atoms with van der Waals surface area (Å²) in [6, 6.07) is 0. The fraction of sp³-hybridized carbons (Fsp3) is 0.812. The lowest BCUT2D eigenvalue weighted by Gasteiger charge is -2.28. The fourth-order valence-corrected chi connectivity index (χ4v) is 3.46. The van der Waals surface area contributed by atoms with Gasteiger partial charge in [0, 0.05) is 18.0 Å². The zero-order valence-electron chi connectivity index (χ0n) is 13.8. The van der Waals surface area contributed by atoms with E-state index in [9.17, 15) is 0 Å². The van der Waals surface area contributed by atoms with E-state index in [2.05, 4.69) is 42.9 Å². The minimum absolute atomic E-state index is 0. The zero-order chi connectivity index (χ0) is 14.6. The molecule has 2 heterocycles. The minimum Gasteiger partial charge on any atom is -0.316 e. The number of thiazole rings is 1. The van der Waals surface area contributed by atoms with Gasteiger partial charge in [0.1, 0.15) is 0 Å². The lowest BCUT2D eigenvalue weighted by atomic mass is 9.92. The molecule has 0 aliphatic carbocycles. The average Bonchev–Trinajstić information content (AvgIpc) is 2.98. The van der Waals surface area contributed by atoms with Crippen LogP contribution >= 0.6 is 23.7 Å². The third-order valence-electron chi connectivity index (χ3n) is 4.07. The number of hydrogen-bond acceptors (Lipinski definition) is 4. The van der Waals surface area contributed by atoms with Crippen LogP contribution in [0.2, 0.25) is 0 Å². The van der Waals surface area contributed by atoms with Crippen LogP contribution in [0.1, 0.15) is 44.2 Å². The summed E-state index contributed by atoms with van der Waals surface area (Å²) in [6.07, 6.45) is 2.58. The van der Waals surface area contributed by atoms with E-state index in [0.29, 0.717) is 5.41 Å². The Bertz CT molecular complexity index is 408. The summed E-state index contributed by atoms with van der Waals surface area (Å²) >= 11 is 1.80. The van der Waals surface area contributed by atoms with Gasteiger partial charge in [0.05, 0.1) is 11.2 Å². The summed E-state index contributed by atoms with van der Waals surface area (Å²) in [5, 5.41) is 3.48. The average molecular weight is 332 g/mol. The number of rotatable bonds is 6. The molecule has 1 unspecified atom stereocenters. The zero-order valence-corrected chi connectivity index (χ0v) is 15.4. The molecule has 0 radical (unpaired) electrons. The standard InChI is InChI=1S/C16H29N3S.ClH/c1-13-15(20-12-18-13)11-19(8-6-16(2,3)4)10-14-5-7-17-9-14;/h12,14,17H,5-11H2,1-4H3;1H. The highest BCUT2D eigenvalue weighted by atomic mass is 35.5. The molecule has 1 aromatic rings. The van der Waals surface area contributed by atoms with Gasteiger partial charge in [-0.3, -0.25) is 4.90 Å². The highest BCUT2D eigenvalue weighted by molar-refractivity contribution is 7.09. The predicted octanol–water partition coefficient (Wildman–Crippen LogP) is 3.72. The summed E-state index contributed by atoms with van der Waals surface area (Å²) in [5.41, 5.74) is 3.60. The van der Waals surface area contributed by atoms with Gasteiger partial charge in [0.25, 0.3) is 0 Å². The molecule has 5 heteroatoms. The second-order valence-electron chi connectivity index (χ2n) is 7.27. The van der Waals surface area contributed by atoms with E-state index >= 15 is 0 Å². The van der Waals surface area contributed by atoms with Crippen LogP contribution in [0.4, 0.5) is 0 Å². The summed E-state index contributed by atoms with van der Waals surface area (Å²) < 4.78 is 0. The molecular weight excluding hydrogens is 302 g/mol. The third kappa shape index (κ3) is 6.64. The molecule has 2 rings (SSSR count). The molecule has 1 fully saturated rings. The summed E-state index contributed by atoms with van der Waals surface area (Å²) in [4.78, 5) is 8.47. The maximum absolute atomic E-state index is 4.39. The molecule has 1 aliphatic rings. The highest BCUT2D eigenvalue weighted by Gasteiger charge is 2.21. The van der Waals surface area contributed by atoms with Crippen LogP contribution < -0.4 is 5.32 Å². The maximum atomic E-state index is 4.39. The van der Waals surface area contributed by atoms with Crippen LogP contribution in [-0.2, 0) is 6.54 Å². The molecule has 1 aromatic heterocycles. The Labute approximate surface area is 139 Å². The van der Waals surface area contributed by atoms with Gasteiger partial charge < -0.3 is 5.32 Å². The van der Waals surface area contributed by atoms with Crippen molar-refractivity contribution < 1.29 is 0 Å². The molecule has 1 saturated heterocycles. The van der Waals surface area contributed by atoms with Crippen molar-refractivity contribution in [2.75, 3.05) is 26.2 Å². The molecule has 3 nitrogen and oxygen atoms in total. The number of aromatic nitrogens is 1. The van der Waals surface area contributed by atoms with E-state index < -0.39 is 0 Å². The predicted molar refractivity (Wildman–Crippen MR) is 94.4 cm³/mol. The topological polar surface area (TPSA) is 28.2 Å². The van der Waals surface area contributed by atoms with E-state index in [1.165, 1.54) is 49.6 Å². The van der Waals surface area contributed by atoms with E-state index in [1.807, 2.05) is 5.51 Å². The smallest absolute Gasteiger partial charge is 0.0798 e. The summed E-state index contributed by atoms with van der Waals surface area (Å²) in [5.74, 6) is 0.822. The van der Waals surface area contributed by atoms with Crippen molar-refractivity contribution in [1.82, 2.24) is 15.2 Å². The minimum atomic E-state index is 0. The number of nitrogens with one attached hydrogen (secondary N) is 1. The number of halogens is 1. The molecule has 1 atom stereocenters. The molecule has 0 amide bonds. The van der Waals surface area contributed by atoms with Gasteiger partial charge in [-0.05, 0) is 50.7 Å². The maximum Gasteiger partial charge on any atom is 0.0798 e. The number of nitrogens with zero attached hydrogens (tertiary/aromatic N) is 2. The van der Waals surface area contributed by atoms with Crippen LogP contribution in [0.5, 0.6) is 0 Å². The van der Waals surface area contributed by atoms with Gasteiger partial charge in [0.15, 0.2) is 0 Å². The monoisotopic (exact) mass is 331 g/mol. The largest absolute Gasteiger partial charge is 0.316 e. The Hall–Kier alpha value is -0.160. The van der Waals surface area contributed by atoms with Crippen LogP contribution in [0.15, 0.2) is 5.51 Å². The first-order chi connectivity index (χ1) is 9.44. The quantitative estimate of drug-likeness (QED) is 0.861. The van der Waals surface area contributed by atoms with Crippen molar-refractivity contribution in [3.05, 3.63) is 16.1 Å². The Morgan fingerprint density at radius 2 is 2.19 bits per heavy atom. The second-order valence-corrected chi connectivity index (χ2v) is 8.20. The van der Waals surface area contributed by atoms with Crippen molar-refractivity contribution in [3.63, 3.8) is 0 Å². The van der Waals surface area contributed by atoms with Crippen molar-refractivity contribution in [2.45, 2.75) is 47.1 Å². The number of aryl methyl sites for hydroxylation is 1. The molecule has 1 N–H and O–H groups in total. The van der Waals surface area contributed by atoms with Gasteiger partial charge in [-0.15, -0.1) is 23.7 Å². The molecule has 0 bridgehead atoms. The number of hydrogen-bond donors (Lipinski definition) is 1. The lowest BCUT2D eigenvalue weighted by molar-refractivity contribution is 0.197. The van der Waals surface area contributed by atoms with E-state index in [4.69, 9.17) is 0 Å². The Morgan fingerprint density at radius 1 is 1.43 bits per heavy atom. The van der Waals surface area contributed by atoms with Crippen molar-refractivity contribution in [1.29, 1.82) is 0 Å². The normalized spacial score (nSPS) is 19.0. The molecular formula is C16H30ClN3S. The Kier molecular flexibility index (Phi) is 7.62. The molecule has 21 heavy (non-hydrogen) atoms. The lowest BCUT2D eigenvalue weighted by Crippen LogP contribution is -2.32. The summed E-state index contributed by atoms with van der Waals surface area (Å²) in [7, 11) is 0. The summed E-state index contributed by atoms with van der Waals surface area (Å²) in [6.45, 7) is 15.0. The molecule has 0 spiro atoms. The van der Waals surface area contributed by atoms with E-state index in [0.717, 1.165) is 12.5 Å². The van der Waals surface area contributed by atoms with Crippen LogP contribution in [-0.4, -0.2) is 36.1 Å². The van der Waals surface area contributed by atoms with Gasteiger partial charge in [-0.25, -0.2) is 4.98 Å². The first-order valence-corrected chi connectivity index (χ1v) is 8.64.